The summed E-state index contributed by atoms with van der Waals surface area (Å²) in [5.74, 6) is -0.507. The van der Waals surface area contributed by atoms with Gasteiger partial charge in [0.05, 0.1) is 6.10 Å². The Balaban J connectivity index is 3.17. The molecule has 0 aliphatic heterocycles. The maximum Gasteiger partial charge on any atom is 0.325 e. The summed E-state index contributed by atoms with van der Waals surface area (Å²) in [4.78, 5) is 10.9. The molecule has 0 spiro atoms. The number of hydrogen-bond acceptors (Lipinski definition) is 3. The van der Waals surface area contributed by atoms with Crippen molar-refractivity contribution in [1.82, 2.24) is 0 Å². The number of nitrogens with two attached hydrogens (primary N) is 1. The predicted molar refractivity (Wildman–Crippen MR) is 61.5 cm³/mol. The Morgan fingerprint density at radius 1 is 1.44 bits per heavy atom. The second kappa shape index (κ2) is 4.99. The van der Waals surface area contributed by atoms with Gasteiger partial charge in [-0.2, -0.15) is 0 Å². The zero-order chi connectivity index (χ0) is 12.3. The van der Waals surface area contributed by atoms with E-state index in [1.54, 1.807) is 6.07 Å². The molecule has 0 aromatic heterocycles. The standard InChI is InChI=1S/C12H17NO3/c1-7(2)16-9-6-4-5-8(3)10(9)11(13)12(14)15/h4-7,11H,13H2,1-3H3,(H,14,15). The van der Waals surface area contributed by atoms with E-state index in [2.05, 4.69) is 0 Å². The van der Waals surface area contributed by atoms with E-state index < -0.39 is 12.0 Å². The monoisotopic (exact) mass is 223 g/mol. The highest BCUT2D eigenvalue weighted by atomic mass is 16.5. The largest absolute Gasteiger partial charge is 0.491 e. The summed E-state index contributed by atoms with van der Waals surface area (Å²) in [7, 11) is 0. The summed E-state index contributed by atoms with van der Waals surface area (Å²) in [6.45, 7) is 5.60. The van der Waals surface area contributed by atoms with Crippen LogP contribution in [0.4, 0.5) is 0 Å². The molecule has 4 heteroatoms. The van der Waals surface area contributed by atoms with Crippen molar-refractivity contribution >= 4 is 5.97 Å². The first-order valence-corrected chi connectivity index (χ1v) is 5.18. The molecule has 0 bridgehead atoms. The maximum absolute atomic E-state index is 10.9. The molecule has 1 unspecified atom stereocenters. The highest BCUT2D eigenvalue weighted by Crippen LogP contribution is 2.28. The van der Waals surface area contributed by atoms with Crippen molar-refractivity contribution in [3.63, 3.8) is 0 Å². The Labute approximate surface area is 95.0 Å². The van der Waals surface area contributed by atoms with Crippen LogP contribution in [0.5, 0.6) is 5.75 Å². The van der Waals surface area contributed by atoms with Gasteiger partial charge in [0, 0.05) is 5.56 Å². The van der Waals surface area contributed by atoms with Crippen LogP contribution >= 0.6 is 0 Å². The Kier molecular flexibility index (Phi) is 3.90. The van der Waals surface area contributed by atoms with Crippen LogP contribution in [0.25, 0.3) is 0 Å². The molecule has 0 aliphatic carbocycles. The van der Waals surface area contributed by atoms with Crippen LogP contribution in [0.2, 0.25) is 0 Å². The van der Waals surface area contributed by atoms with Crippen molar-refractivity contribution in [1.29, 1.82) is 0 Å². The van der Waals surface area contributed by atoms with E-state index in [4.69, 9.17) is 15.6 Å². The van der Waals surface area contributed by atoms with E-state index in [-0.39, 0.29) is 6.10 Å². The maximum atomic E-state index is 10.9. The molecule has 0 radical (unpaired) electrons. The van der Waals surface area contributed by atoms with Crippen LogP contribution in [-0.4, -0.2) is 17.2 Å². The van der Waals surface area contributed by atoms with Crippen molar-refractivity contribution in [2.75, 3.05) is 0 Å². The van der Waals surface area contributed by atoms with E-state index >= 15 is 0 Å². The molecule has 88 valence electrons. The lowest BCUT2D eigenvalue weighted by Crippen LogP contribution is -2.23. The fraction of sp³-hybridized carbons (Fsp3) is 0.417. The first kappa shape index (κ1) is 12.5. The van der Waals surface area contributed by atoms with Crippen molar-refractivity contribution in [2.24, 2.45) is 5.73 Å². The molecule has 16 heavy (non-hydrogen) atoms. The number of benzene rings is 1. The predicted octanol–water partition coefficient (Wildman–Crippen LogP) is 1.87. The van der Waals surface area contributed by atoms with Crippen molar-refractivity contribution in [2.45, 2.75) is 32.9 Å². The average molecular weight is 223 g/mol. The summed E-state index contributed by atoms with van der Waals surface area (Å²) in [6.07, 6.45) is -0.0125. The molecule has 0 amide bonds. The molecule has 0 aliphatic rings. The number of ether oxygens (including phenoxy) is 1. The third-order valence-corrected chi connectivity index (χ3v) is 2.22. The third kappa shape index (κ3) is 2.73. The molecule has 4 nitrogen and oxygen atoms in total. The minimum atomic E-state index is -1.05. The quantitative estimate of drug-likeness (QED) is 0.817. The van der Waals surface area contributed by atoms with Gasteiger partial charge in [-0.25, -0.2) is 0 Å². The van der Waals surface area contributed by atoms with Crippen molar-refractivity contribution in [3.05, 3.63) is 29.3 Å². The number of aryl methyl sites for hydroxylation is 1. The Hall–Kier alpha value is -1.55. The average Bonchev–Trinajstić information content (AvgIpc) is 2.16. The topological polar surface area (TPSA) is 72.5 Å². The molecule has 1 rings (SSSR count). The van der Waals surface area contributed by atoms with Crippen LogP contribution < -0.4 is 10.5 Å². The van der Waals surface area contributed by atoms with Gasteiger partial charge in [-0.05, 0) is 32.4 Å². The SMILES string of the molecule is Cc1cccc(OC(C)C)c1C(N)C(=O)O. The fourth-order valence-electron chi connectivity index (χ4n) is 1.53. The van der Waals surface area contributed by atoms with Crippen LogP contribution in [0, 0.1) is 6.92 Å². The van der Waals surface area contributed by atoms with Gasteiger partial charge in [0.2, 0.25) is 0 Å². The molecule has 1 aromatic rings. The van der Waals surface area contributed by atoms with Crippen LogP contribution in [-0.2, 0) is 4.79 Å². The van der Waals surface area contributed by atoms with Crippen molar-refractivity contribution in [3.8, 4) is 5.75 Å². The van der Waals surface area contributed by atoms with E-state index in [1.807, 2.05) is 32.9 Å². The molecule has 1 aromatic carbocycles. The van der Waals surface area contributed by atoms with Gasteiger partial charge < -0.3 is 15.6 Å². The molecule has 0 fully saturated rings. The number of aliphatic carboxylic acids is 1. The minimum Gasteiger partial charge on any atom is -0.491 e. The molecular weight excluding hydrogens is 206 g/mol. The Bertz CT molecular complexity index is 388. The smallest absolute Gasteiger partial charge is 0.325 e. The molecular formula is C12H17NO3. The van der Waals surface area contributed by atoms with Gasteiger partial charge in [0.15, 0.2) is 0 Å². The van der Waals surface area contributed by atoms with E-state index in [0.29, 0.717) is 11.3 Å². The van der Waals surface area contributed by atoms with Crippen LogP contribution in [0.3, 0.4) is 0 Å². The molecule has 3 N–H and O–H groups in total. The second-order valence-electron chi connectivity index (χ2n) is 3.97. The third-order valence-electron chi connectivity index (χ3n) is 2.22. The first-order chi connectivity index (χ1) is 7.43. The number of carboxylic acids is 1. The van der Waals surface area contributed by atoms with Crippen LogP contribution in [0.1, 0.15) is 31.0 Å². The Morgan fingerprint density at radius 3 is 2.56 bits per heavy atom. The van der Waals surface area contributed by atoms with Gasteiger partial charge in [-0.15, -0.1) is 0 Å². The first-order valence-electron chi connectivity index (χ1n) is 5.18. The summed E-state index contributed by atoms with van der Waals surface area (Å²) in [5.41, 5.74) is 7.01. The minimum absolute atomic E-state index is 0.0125. The highest BCUT2D eigenvalue weighted by molar-refractivity contribution is 5.77. The van der Waals surface area contributed by atoms with Crippen molar-refractivity contribution < 1.29 is 14.6 Å². The molecule has 0 saturated carbocycles. The zero-order valence-electron chi connectivity index (χ0n) is 9.73. The highest BCUT2D eigenvalue weighted by Gasteiger charge is 2.21. The lowest BCUT2D eigenvalue weighted by Gasteiger charge is -2.18. The number of carboxylic acid groups (broad SMARTS) is 1. The van der Waals surface area contributed by atoms with Gasteiger partial charge in [-0.1, -0.05) is 12.1 Å². The summed E-state index contributed by atoms with van der Waals surface area (Å²) < 4.78 is 5.55. The number of carbonyl (C=O) groups is 1. The summed E-state index contributed by atoms with van der Waals surface area (Å²) in [5, 5.41) is 8.94. The lowest BCUT2D eigenvalue weighted by molar-refractivity contribution is -0.138. The van der Waals surface area contributed by atoms with Gasteiger partial charge in [0.1, 0.15) is 11.8 Å². The van der Waals surface area contributed by atoms with E-state index in [9.17, 15) is 4.79 Å². The molecule has 0 heterocycles. The second-order valence-corrected chi connectivity index (χ2v) is 3.97. The van der Waals surface area contributed by atoms with Gasteiger partial charge >= 0.3 is 5.97 Å². The van der Waals surface area contributed by atoms with Gasteiger partial charge in [0.25, 0.3) is 0 Å². The number of rotatable bonds is 4. The number of hydrogen-bond donors (Lipinski definition) is 2. The van der Waals surface area contributed by atoms with Gasteiger partial charge in [-0.3, -0.25) is 4.79 Å². The lowest BCUT2D eigenvalue weighted by atomic mass is 10.0. The fourth-order valence-corrected chi connectivity index (χ4v) is 1.53. The summed E-state index contributed by atoms with van der Waals surface area (Å²) >= 11 is 0. The Morgan fingerprint density at radius 2 is 2.06 bits per heavy atom. The van der Waals surface area contributed by atoms with E-state index in [0.717, 1.165) is 5.56 Å². The normalized spacial score (nSPS) is 12.6. The molecule has 0 saturated heterocycles. The molecule has 1 atom stereocenters. The zero-order valence-corrected chi connectivity index (χ0v) is 9.73. The van der Waals surface area contributed by atoms with E-state index in [1.165, 1.54) is 0 Å². The summed E-state index contributed by atoms with van der Waals surface area (Å²) in [6, 6.07) is 4.34. The van der Waals surface area contributed by atoms with Crippen LogP contribution in [0.15, 0.2) is 18.2 Å².